The van der Waals surface area contributed by atoms with Gasteiger partial charge in [-0.3, -0.25) is 38.5 Å². The van der Waals surface area contributed by atoms with E-state index in [-0.39, 0.29) is 61.2 Å². The molecule has 1 aliphatic heterocycles. The summed E-state index contributed by atoms with van der Waals surface area (Å²) in [6.07, 6.45) is 2.23. The van der Waals surface area contributed by atoms with E-state index in [4.69, 9.17) is 10.5 Å². The van der Waals surface area contributed by atoms with Gasteiger partial charge in [-0.25, -0.2) is 4.79 Å². The van der Waals surface area contributed by atoms with Gasteiger partial charge in [0.2, 0.25) is 41.4 Å². The number of likely N-dealkylation sites (N-methyl/N-ethyl adjacent to an activating group) is 4. The Kier molecular flexibility index (Phi) is 23.1. The number of urea groups is 1. The van der Waals surface area contributed by atoms with Crippen LogP contribution in [0.2, 0.25) is 0 Å². The zero-order chi connectivity index (χ0) is 47.9. The minimum absolute atomic E-state index is 0.0479. The largest absolute Gasteiger partial charge is 0.375 e. The molecule has 0 spiro atoms. The average Bonchev–Trinajstić information content (AvgIpc) is 3.62. The number of nitrogens with zero attached hydrogens (tertiary/aromatic N) is 5. The SMILES string of the molecule is CCC[C@H](C(=O)N(C)[C@@H](CC(C)C)C(=O)N[C@H](C(=O)N(C)[C@@H](CC(C)C)C(N)=O)C(C)C)N(C)C(=O)[C@H](CC)NC(=O)[C@H]([C@@H]1OCC[C@H]1C)N(C)C(=O)N(C)C(=O)CCC(C)C. The summed E-state index contributed by atoms with van der Waals surface area (Å²) in [5, 5.41) is 5.71. The van der Waals surface area contributed by atoms with Gasteiger partial charge in [0.25, 0.3) is 0 Å². The molecule has 0 radical (unpaired) electrons. The van der Waals surface area contributed by atoms with Crippen LogP contribution in [0, 0.1) is 29.6 Å². The standard InChI is InChI=1S/C45H82N8O9/c1-17-19-32(43(59)51(14)34(25-28(7)8)40(56)48-36(29(9)10)44(60)50(13)33(39(46)55)24-27(5)6)49(12)42(58)31(18-2)47-41(57)37(38-30(11)22-23-62-38)53(16)45(61)52(15)35(54)21-20-26(3)4/h26-34,36-38H,17-25H2,1-16H3,(H2,46,55)(H,47,57)(H,48,56)/t30-,31+,32-,33+,34+,36+,37+,38-/m1/s1. The molecule has 1 aliphatic rings. The van der Waals surface area contributed by atoms with Crippen molar-refractivity contribution in [2.24, 2.45) is 35.3 Å². The Morgan fingerprint density at radius 1 is 0.661 bits per heavy atom. The number of nitrogens with two attached hydrogens (primary N) is 1. The first-order chi connectivity index (χ1) is 28.7. The Morgan fingerprint density at radius 3 is 1.65 bits per heavy atom. The van der Waals surface area contributed by atoms with E-state index in [0.29, 0.717) is 32.3 Å². The molecule has 0 aromatic carbocycles. The number of rotatable bonds is 24. The predicted molar refractivity (Wildman–Crippen MR) is 239 cm³/mol. The average molecular weight is 879 g/mol. The minimum atomic E-state index is -1.17. The molecule has 0 unspecified atom stereocenters. The van der Waals surface area contributed by atoms with Gasteiger partial charge in [0.05, 0.1) is 6.10 Å². The first-order valence-electron chi connectivity index (χ1n) is 22.6. The Bertz CT molecular complexity index is 1540. The zero-order valence-electron chi connectivity index (χ0n) is 40.8. The van der Waals surface area contributed by atoms with Gasteiger partial charge in [-0.05, 0) is 68.1 Å². The van der Waals surface area contributed by atoms with Crippen LogP contribution in [-0.4, -0.2) is 156 Å². The van der Waals surface area contributed by atoms with Crippen molar-refractivity contribution < 1.29 is 43.1 Å². The van der Waals surface area contributed by atoms with E-state index >= 15 is 0 Å². The summed E-state index contributed by atoms with van der Waals surface area (Å²) in [4.78, 5) is 116. The van der Waals surface area contributed by atoms with Crippen LogP contribution in [0.25, 0.3) is 0 Å². The van der Waals surface area contributed by atoms with Crippen LogP contribution in [0.5, 0.6) is 0 Å². The van der Waals surface area contributed by atoms with Gasteiger partial charge in [0.15, 0.2) is 0 Å². The van der Waals surface area contributed by atoms with E-state index in [1.807, 2.05) is 55.4 Å². The maximum Gasteiger partial charge on any atom is 0.326 e. The molecule has 1 rings (SSSR count). The van der Waals surface area contributed by atoms with Crippen LogP contribution in [-0.2, 0) is 38.3 Å². The van der Waals surface area contributed by atoms with Crippen molar-refractivity contribution in [3.05, 3.63) is 0 Å². The lowest BCUT2D eigenvalue weighted by atomic mass is 9.95. The molecule has 1 heterocycles. The summed E-state index contributed by atoms with van der Waals surface area (Å²) in [5.41, 5.74) is 5.68. The molecule has 62 heavy (non-hydrogen) atoms. The molecule has 1 saturated heterocycles. The predicted octanol–water partition coefficient (Wildman–Crippen LogP) is 3.62. The maximum atomic E-state index is 14.5. The third kappa shape index (κ3) is 15.5. The van der Waals surface area contributed by atoms with Crippen LogP contribution in [0.4, 0.5) is 4.79 Å². The number of ether oxygens (including phenoxy) is 1. The minimum Gasteiger partial charge on any atom is -0.375 e. The van der Waals surface area contributed by atoms with E-state index < -0.39 is 83.8 Å². The van der Waals surface area contributed by atoms with Crippen molar-refractivity contribution in [2.45, 2.75) is 170 Å². The second-order valence-electron chi connectivity index (χ2n) is 18.9. The molecule has 9 amide bonds. The highest BCUT2D eigenvalue weighted by molar-refractivity contribution is 5.98. The number of hydrogen-bond donors (Lipinski definition) is 3. The number of imide groups is 1. The van der Waals surface area contributed by atoms with E-state index in [0.717, 1.165) is 4.90 Å². The number of hydrogen-bond acceptors (Lipinski definition) is 9. The molecule has 0 aromatic heterocycles. The Labute approximate surface area is 371 Å². The van der Waals surface area contributed by atoms with E-state index in [9.17, 15) is 38.4 Å². The van der Waals surface area contributed by atoms with E-state index in [1.165, 1.54) is 54.8 Å². The van der Waals surface area contributed by atoms with E-state index in [1.54, 1.807) is 20.8 Å². The van der Waals surface area contributed by atoms with Crippen molar-refractivity contribution in [1.29, 1.82) is 0 Å². The molecular weight excluding hydrogens is 797 g/mol. The monoisotopic (exact) mass is 879 g/mol. The molecule has 0 aliphatic carbocycles. The van der Waals surface area contributed by atoms with Gasteiger partial charge in [0, 0.05) is 48.3 Å². The summed E-state index contributed by atoms with van der Waals surface area (Å²) >= 11 is 0. The maximum absolute atomic E-state index is 14.5. The molecule has 356 valence electrons. The fraction of sp³-hybridized carbons (Fsp3) is 0.822. The smallest absolute Gasteiger partial charge is 0.326 e. The highest BCUT2D eigenvalue weighted by Gasteiger charge is 2.44. The van der Waals surface area contributed by atoms with Crippen molar-refractivity contribution in [3.63, 3.8) is 0 Å². The lowest BCUT2D eigenvalue weighted by Crippen LogP contribution is -2.62. The Morgan fingerprint density at radius 2 is 1.19 bits per heavy atom. The van der Waals surface area contributed by atoms with Gasteiger partial charge in [-0.15, -0.1) is 0 Å². The number of carbonyl (C=O) groups excluding carboxylic acids is 8. The normalized spacial score (nSPS) is 18.1. The van der Waals surface area contributed by atoms with Crippen LogP contribution < -0.4 is 16.4 Å². The molecule has 17 heteroatoms. The van der Waals surface area contributed by atoms with Crippen LogP contribution >= 0.6 is 0 Å². The summed E-state index contributed by atoms with van der Waals surface area (Å²) in [7, 11) is 7.32. The lowest BCUT2D eigenvalue weighted by Gasteiger charge is -2.38. The molecule has 4 N–H and O–H groups in total. The molecule has 0 saturated carbocycles. The quantitative estimate of drug-likeness (QED) is 0.129. The highest BCUT2D eigenvalue weighted by atomic mass is 16.5. The Balaban J connectivity index is 3.45. The van der Waals surface area contributed by atoms with Gasteiger partial charge in [-0.1, -0.05) is 82.6 Å². The zero-order valence-corrected chi connectivity index (χ0v) is 40.8. The van der Waals surface area contributed by atoms with Gasteiger partial charge < -0.3 is 40.7 Å². The van der Waals surface area contributed by atoms with Crippen molar-refractivity contribution in [1.82, 2.24) is 35.1 Å². The van der Waals surface area contributed by atoms with E-state index in [2.05, 4.69) is 10.6 Å². The van der Waals surface area contributed by atoms with Crippen molar-refractivity contribution in [2.75, 3.05) is 41.8 Å². The molecule has 8 atom stereocenters. The van der Waals surface area contributed by atoms with Crippen LogP contribution in [0.1, 0.15) is 128 Å². The third-order valence-corrected chi connectivity index (χ3v) is 11.9. The number of carbonyl (C=O) groups is 8. The number of primary amides is 1. The van der Waals surface area contributed by atoms with Gasteiger partial charge >= 0.3 is 6.03 Å². The molecule has 17 nitrogen and oxygen atoms in total. The van der Waals surface area contributed by atoms with Gasteiger partial charge in [0.1, 0.15) is 36.3 Å². The molecular formula is C45H82N8O9. The number of amides is 9. The first-order valence-corrected chi connectivity index (χ1v) is 22.6. The fourth-order valence-electron chi connectivity index (χ4n) is 7.78. The Hall–Kier alpha value is -4.28. The molecule has 0 bridgehead atoms. The molecule has 0 aromatic rings. The van der Waals surface area contributed by atoms with Crippen molar-refractivity contribution >= 4 is 47.4 Å². The van der Waals surface area contributed by atoms with Gasteiger partial charge in [-0.2, -0.15) is 0 Å². The lowest BCUT2D eigenvalue weighted by molar-refractivity contribution is -0.150. The second-order valence-corrected chi connectivity index (χ2v) is 18.9. The topological polar surface area (TPSA) is 212 Å². The summed E-state index contributed by atoms with van der Waals surface area (Å²) in [6, 6.07) is -6.87. The number of nitrogens with one attached hydrogen (secondary N) is 2. The summed E-state index contributed by atoms with van der Waals surface area (Å²) < 4.78 is 5.98. The van der Waals surface area contributed by atoms with Crippen LogP contribution in [0.3, 0.4) is 0 Å². The third-order valence-electron chi connectivity index (χ3n) is 11.9. The summed E-state index contributed by atoms with van der Waals surface area (Å²) in [5.74, 6) is -3.93. The first kappa shape index (κ1) is 55.7. The second kappa shape index (κ2) is 25.7. The van der Waals surface area contributed by atoms with Crippen LogP contribution in [0.15, 0.2) is 0 Å². The fourth-order valence-corrected chi connectivity index (χ4v) is 7.78. The summed E-state index contributed by atoms with van der Waals surface area (Å²) in [6.45, 7) is 21.1. The van der Waals surface area contributed by atoms with Crippen molar-refractivity contribution in [3.8, 4) is 0 Å². The molecule has 1 fully saturated rings. The highest BCUT2D eigenvalue weighted by Crippen LogP contribution is 2.27.